The molecular formula is C27H25FN2O4. The average molecular weight is 461 g/mol. The number of aromatic amines is 1. The van der Waals surface area contributed by atoms with Crippen molar-refractivity contribution in [2.75, 3.05) is 20.3 Å². The first-order valence-electron chi connectivity index (χ1n) is 11.2. The van der Waals surface area contributed by atoms with Crippen LogP contribution in [-0.4, -0.2) is 42.4 Å². The summed E-state index contributed by atoms with van der Waals surface area (Å²) in [4.78, 5) is 16.5. The summed E-state index contributed by atoms with van der Waals surface area (Å²) in [5.74, 6) is -0.108. The minimum Gasteiger partial charge on any atom is -0.494 e. The maximum Gasteiger partial charge on any atom is 0.255 e. The lowest BCUT2D eigenvalue weighted by Gasteiger charge is -2.18. The van der Waals surface area contributed by atoms with Crippen LogP contribution in [0.15, 0.2) is 60.8 Å². The molecular weight excluding hydrogens is 435 g/mol. The molecule has 0 radical (unpaired) electrons. The zero-order chi connectivity index (χ0) is 23.7. The van der Waals surface area contributed by atoms with Crippen LogP contribution in [0.3, 0.4) is 0 Å². The molecule has 174 valence electrons. The second-order valence-corrected chi connectivity index (χ2v) is 8.38. The van der Waals surface area contributed by atoms with E-state index in [1.807, 2.05) is 36.5 Å². The summed E-state index contributed by atoms with van der Waals surface area (Å²) in [5, 5.41) is 14.0. The molecule has 1 amide bonds. The van der Waals surface area contributed by atoms with E-state index in [9.17, 15) is 14.3 Å². The van der Waals surface area contributed by atoms with Gasteiger partial charge in [0.25, 0.3) is 5.91 Å². The van der Waals surface area contributed by atoms with Gasteiger partial charge in [0.15, 0.2) is 11.6 Å². The molecule has 5 rings (SSSR count). The second kappa shape index (κ2) is 9.19. The summed E-state index contributed by atoms with van der Waals surface area (Å²) >= 11 is 0. The highest BCUT2D eigenvalue weighted by atomic mass is 19.1. The molecule has 1 atom stereocenters. The normalized spacial score (nSPS) is 13.4. The zero-order valence-electron chi connectivity index (χ0n) is 18.7. The molecule has 0 spiro atoms. The topological polar surface area (TPSA) is 83.6 Å². The molecule has 0 saturated carbocycles. The number of hydrogen-bond donors (Lipinski definition) is 3. The molecule has 6 nitrogen and oxygen atoms in total. The molecule has 1 aliphatic heterocycles. The van der Waals surface area contributed by atoms with Crippen LogP contribution in [0.25, 0.3) is 22.0 Å². The predicted molar refractivity (Wildman–Crippen MR) is 128 cm³/mol. The van der Waals surface area contributed by atoms with Gasteiger partial charge in [0.05, 0.1) is 31.9 Å². The summed E-state index contributed by atoms with van der Waals surface area (Å²) < 4.78 is 25.1. The Hall–Kier alpha value is -3.84. The highest BCUT2D eigenvalue weighted by Gasteiger charge is 2.25. The fourth-order valence-electron chi connectivity index (χ4n) is 4.48. The van der Waals surface area contributed by atoms with Crippen LogP contribution in [0, 0.1) is 5.82 Å². The molecule has 4 aromatic rings. The number of fused-ring (bicyclic) bond motifs is 2. The number of benzene rings is 3. The number of carbonyl (C=O) groups is 1. The number of amides is 1. The molecule has 0 fully saturated rings. The third-order valence-corrected chi connectivity index (χ3v) is 6.21. The maximum atomic E-state index is 14.3. The van der Waals surface area contributed by atoms with Crippen LogP contribution in [-0.2, 0) is 12.8 Å². The number of aromatic nitrogens is 1. The van der Waals surface area contributed by atoms with Crippen molar-refractivity contribution in [3.8, 4) is 22.6 Å². The molecule has 3 aromatic carbocycles. The number of nitrogens with one attached hydrogen (secondary N) is 2. The minimum absolute atomic E-state index is 0.161. The predicted octanol–water partition coefficient (Wildman–Crippen LogP) is 4.25. The van der Waals surface area contributed by atoms with E-state index in [1.54, 1.807) is 18.2 Å². The Balaban J connectivity index is 1.43. The van der Waals surface area contributed by atoms with Crippen LogP contribution in [0.1, 0.15) is 21.5 Å². The highest BCUT2D eigenvalue weighted by molar-refractivity contribution is 5.99. The molecule has 1 aliphatic rings. The van der Waals surface area contributed by atoms with Crippen molar-refractivity contribution in [1.29, 1.82) is 0 Å². The number of rotatable bonds is 7. The van der Waals surface area contributed by atoms with E-state index >= 15 is 0 Å². The quantitative estimate of drug-likeness (QED) is 0.385. The van der Waals surface area contributed by atoms with Crippen molar-refractivity contribution in [3.63, 3.8) is 0 Å². The van der Waals surface area contributed by atoms with Crippen LogP contribution in [0.4, 0.5) is 4.39 Å². The third kappa shape index (κ3) is 4.10. The first kappa shape index (κ1) is 22.0. The van der Waals surface area contributed by atoms with E-state index in [0.29, 0.717) is 41.9 Å². The zero-order valence-corrected chi connectivity index (χ0v) is 18.7. The monoisotopic (exact) mass is 460 g/mol. The molecule has 0 unspecified atom stereocenters. The number of aliphatic hydroxyl groups is 1. The Morgan fingerprint density at radius 2 is 2.06 bits per heavy atom. The van der Waals surface area contributed by atoms with Crippen LogP contribution in [0.5, 0.6) is 11.5 Å². The first-order valence-corrected chi connectivity index (χ1v) is 11.2. The number of H-pyrrole nitrogens is 1. The molecule has 1 aromatic heterocycles. The lowest BCUT2D eigenvalue weighted by molar-refractivity contribution is 0.0913. The molecule has 2 heterocycles. The highest BCUT2D eigenvalue weighted by Crippen LogP contribution is 2.36. The SMILES string of the molecule is COc1ccc(-c2cc3c(c(C(=O)N[C@@H](CO)Cc4c[nH]c5ccccc45)c2)OCC3)cc1F. The van der Waals surface area contributed by atoms with Crippen molar-refractivity contribution < 1.29 is 23.8 Å². The third-order valence-electron chi connectivity index (χ3n) is 6.21. The van der Waals surface area contributed by atoms with E-state index in [0.717, 1.165) is 22.0 Å². The summed E-state index contributed by atoms with van der Waals surface area (Å²) in [6, 6.07) is 15.8. The molecule has 0 saturated heterocycles. The Morgan fingerprint density at radius 3 is 2.85 bits per heavy atom. The summed E-state index contributed by atoms with van der Waals surface area (Å²) in [7, 11) is 1.42. The first-order chi connectivity index (χ1) is 16.6. The van der Waals surface area contributed by atoms with E-state index in [2.05, 4.69) is 10.3 Å². The van der Waals surface area contributed by atoms with Crippen LogP contribution < -0.4 is 14.8 Å². The second-order valence-electron chi connectivity index (χ2n) is 8.38. The Labute approximate surface area is 196 Å². The van der Waals surface area contributed by atoms with E-state index < -0.39 is 11.9 Å². The Bertz CT molecular complexity index is 1360. The number of aliphatic hydroxyl groups excluding tert-OH is 1. The van der Waals surface area contributed by atoms with Crippen molar-refractivity contribution in [2.24, 2.45) is 0 Å². The van der Waals surface area contributed by atoms with Crippen molar-refractivity contribution in [1.82, 2.24) is 10.3 Å². The van der Waals surface area contributed by atoms with E-state index in [4.69, 9.17) is 9.47 Å². The van der Waals surface area contributed by atoms with Gasteiger partial charge in [0.1, 0.15) is 5.75 Å². The fourth-order valence-corrected chi connectivity index (χ4v) is 4.48. The van der Waals surface area contributed by atoms with Gasteiger partial charge in [-0.1, -0.05) is 24.3 Å². The number of methoxy groups -OCH3 is 1. The van der Waals surface area contributed by atoms with Gasteiger partial charge >= 0.3 is 0 Å². The maximum absolute atomic E-state index is 14.3. The lowest BCUT2D eigenvalue weighted by atomic mass is 9.97. The number of ether oxygens (including phenoxy) is 2. The van der Waals surface area contributed by atoms with E-state index in [-0.39, 0.29) is 18.3 Å². The summed E-state index contributed by atoms with van der Waals surface area (Å²) in [6.07, 6.45) is 3.04. The molecule has 3 N–H and O–H groups in total. The Kier molecular flexibility index (Phi) is 5.94. The standard InChI is InChI=1S/C27H25FN2O4/c1-33-25-7-6-16(13-23(25)28)18-10-17-8-9-34-26(17)22(12-18)27(32)30-20(15-31)11-19-14-29-24-5-3-2-4-21(19)24/h2-7,10,12-14,20,29,31H,8-9,11,15H2,1H3,(H,30,32)/t20-/m1/s1. The van der Waals surface area contributed by atoms with Gasteiger partial charge in [-0.25, -0.2) is 4.39 Å². The van der Waals surface area contributed by atoms with Crippen molar-refractivity contribution >= 4 is 16.8 Å². The number of para-hydroxylation sites is 1. The number of carbonyl (C=O) groups excluding carboxylic acids is 1. The van der Waals surface area contributed by atoms with Crippen molar-refractivity contribution in [3.05, 3.63) is 83.3 Å². The molecule has 0 aliphatic carbocycles. The van der Waals surface area contributed by atoms with Gasteiger partial charge in [-0.2, -0.15) is 0 Å². The minimum atomic E-state index is -0.481. The summed E-state index contributed by atoms with van der Waals surface area (Å²) in [6.45, 7) is 0.270. The Morgan fingerprint density at radius 1 is 1.21 bits per heavy atom. The average Bonchev–Trinajstić information content (AvgIpc) is 3.50. The summed E-state index contributed by atoms with van der Waals surface area (Å²) in [5.41, 5.74) is 4.65. The van der Waals surface area contributed by atoms with Gasteiger partial charge in [0.2, 0.25) is 0 Å². The van der Waals surface area contributed by atoms with Crippen LogP contribution in [0.2, 0.25) is 0 Å². The van der Waals surface area contributed by atoms with E-state index in [1.165, 1.54) is 13.2 Å². The lowest BCUT2D eigenvalue weighted by Crippen LogP contribution is -2.39. The van der Waals surface area contributed by atoms with Crippen molar-refractivity contribution in [2.45, 2.75) is 18.9 Å². The largest absolute Gasteiger partial charge is 0.494 e. The van der Waals surface area contributed by atoms with Gasteiger partial charge in [0, 0.05) is 23.5 Å². The molecule has 7 heteroatoms. The van der Waals surface area contributed by atoms with Gasteiger partial charge in [-0.05, 0) is 59.0 Å². The molecule has 0 bridgehead atoms. The fraction of sp³-hybridized carbons (Fsp3) is 0.222. The van der Waals surface area contributed by atoms with Gasteiger partial charge in [-0.3, -0.25) is 4.79 Å². The molecule has 34 heavy (non-hydrogen) atoms. The smallest absolute Gasteiger partial charge is 0.255 e. The number of halogens is 1. The van der Waals surface area contributed by atoms with Gasteiger partial charge in [-0.15, -0.1) is 0 Å². The van der Waals surface area contributed by atoms with Crippen LogP contribution >= 0.6 is 0 Å². The number of hydrogen-bond acceptors (Lipinski definition) is 4. The van der Waals surface area contributed by atoms with Gasteiger partial charge < -0.3 is 24.9 Å².